The van der Waals surface area contributed by atoms with E-state index in [4.69, 9.17) is 4.74 Å². The van der Waals surface area contributed by atoms with Crippen LogP contribution in [0.1, 0.15) is 46.1 Å². The van der Waals surface area contributed by atoms with E-state index >= 15 is 0 Å². The Morgan fingerprint density at radius 1 is 1.30 bits per heavy atom. The van der Waals surface area contributed by atoms with Gasteiger partial charge in [-0.15, -0.1) is 0 Å². The summed E-state index contributed by atoms with van der Waals surface area (Å²) in [4.78, 5) is 11.3. The molecule has 4 nitrogen and oxygen atoms in total. The Morgan fingerprint density at radius 2 is 1.96 bits per heavy atom. The molecule has 0 amide bonds. The van der Waals surface area contributed by atoms with Crippen LogP contribution < -0.4 is 4.74 Å². The summed E-state index contributed by atoms with van der Waals surface area (Å²) in [6.07, 6.45) is -0.799. The minimum Gasteiger partial charge on any atom is -0.494 e. The summed E-state index contributed by atoms with van der Waals surface area (Å²) in [5, 5.41) is 9.47. The molecule has 0 saturated heterocycles. The zero-order valence-electron chi connectivity index (χ0n) is 14.1. The van der Waals surface area contributed by atoms with Crippen molar-refractivity contribution in [2.75, 3.05) is 13.2 Å². The minimum absolute atomic E-state index is 0.0772. The molecule has 0 saturated carbocycles. The smallest absolute Gasteiger partial charge is 0.341 e. The van der Waals surface area contributed by atoms with E-state index in [-0.39, 0.29) is 12.4 Å². The number of halogens is 2. The predicted molar refractivity (Wildman–Crippen MR) is 84.7 cm³/mol. The van der Waals surface area contributed by atoms with Crippen LogP contribution in [0.3, 0.4) is 0 Å². The summed E-state index contributed by atoms with van der Waals surface area (Å²) < 4.78 is 37.9. The van der Waals surface area contributed by atoms with Crippen molar-refractivity contribution in [3.05, 3.63) is 29.8 Å². The van der Waals surface area contributed by atoms with Crippen LogP contribution in [0.15, 0.2) is 24.3 Å². The monoisotopic (exact) mass is 332 g/mol. The molecule has 23 heavy (non-hydrogen) atoms. The van der Waals surface area contributed by atoms with Gasteiger partial charge >= 0.3 is 11.9 Å². The molecule has 1 unspecified atom stereocenters. The molecule has 132 valence electrons. The molecule has 0 aliphatic rings. The highest BCUT2D eigenvalue weighted by molar-refractivity contribution is 5.76. The fraction of sp³-hybridized carbons (Fsp3) is 0.588. The number of hydrogen-bond donors (Lipinski definition) is 1. The van der Waals surface area contributed by atoms with E-state index in [9.17, 15) is 18.7 Å². The van der Waals surface area contributed by atoms with Gasteiger partial charge in [0, 0.05) is 5.56 Å². The van der Waals surface area contributed by atoms with Gasteiger partial charge in [-0.2, -0.15) is 8.78 Å². The molecule has 1 rings (SSSR count). The molecule has 0 radical (unpaired) electrons. The van der Waals surface area contributed by atoms with Gasteiger partial charge in [0.25, 0.3) is 0 Å². The van der Waals surface area contributed by atoms with E-state index in [0.29, 0.717) is 6.61 Å². The molecule has 0 heterocycles. The lowest BCUT2D eigenvalue weighted by Crippen LogP contribution is -2.39. The van der Waals surface area contributed by atoms with E-state index < -0.39 is 23.6 Å². The van der Waals surface area contributed by atoms with Crippen molar-refractivity contribution in [3.8, 4) is 5.75 Å². The van der Waals surface area contributed by atoms with E-state index in [1.165, 1.54) is 13.0 Å². The maximum Gasteiger partial charge on any atom is 0.341 e. The summed E-state index contributed by atoms with van der Waals surface area (Å²) >= 11 is 0. The molecular weight excluding hydrogens is 306 g/mol. The van der Waals surface area contributed by atoms with Gasteiger partial charge in [-0.25, -0.2) is 4.79 Å². The fourth-order valence-electron chi connectivity index (χ4n) is 1.65. The van der Waals surface area contributed by atoms with Gasteiger partial charge in [0.2, 0.25) is 6.10 Å². The average molecular weight is 332 g/mol. The number of ether oxygens (including phenoxy) is 2. The quantitative estimate of drug-likeness (QED) is 0.579. The zero-order valence-corrected chi connectivity index (χ0v) is 14.1. The van der Waals surface area contributed by atoms with Gasteiger partial charge in [0.1, 0.15) is 5.75 Å². The second-order valence-corrected chi connectivity index (χ2v) is 4.51. The Hall–Kier alpha value is -1.69. The van der Waals surface area contributed by atoms with E-state index in [0.717, 1.165) is 25.0 Å². The minimum atomic E-state index is -3.74. The molecule has 0 bridgehead atoms. The zero-order chi connectivity index (χ0) is 17.9. The fourth-order valence-corrected chi connectivity index (χ4v) is 1.65. The highest BCUT2D eigenvalue weighted by atomic mass is 19.3. The lowest BCUT2D eigenvalue weighted by atomic mass is 10.0. The Balaban J connectivity index is 0.00000232. The van der Waals surface area contributed by atoms with Crippen LogP contribution in [-0.4, -0.2) is 30.4 Å². The standard InChI is InChI=1S/C15H20F2O4.C2H6/c1-3-5-9-21-12-8-6-7-11(10-12)15(16,17)13(18)14(19)20-4-2;1-2/h6-8,10,13,18H,3-5,9H2,1-2H3;1-2H3. The maximum absolute atomic E-state index is 14.1. The van der Waals surface area contributed by atoms with Gasteiger partial charge in [-0.3, -0.25) is 0 Å². The molecule has 0 aliphatic heterocycles. The molecule has 1 N–H and O–H groups in total. The molecule has 6 heteroatoms. The predicted octanol–water partition coefficient (Wildman–Crippen LogP) is 3.91. The molecule has 1 atom stereocenters. The largest absolute Gasteiger partial charge is 0.494 e. The lowest BCUT2D eigenvalue weighted by Gasteiger charge is -2.21. The number of unbranched alkanes of at least 4 members (excludes halogenated alkanes) is 1. The topological polar surface area (TPSA) is 55.8 Å². The molecule has 0 spiro atoms. The van der Waals surface area contributed by atoms with Crippen molar-refractivity contribution in [1.29, 1.82) is 0 Å². The average Bonchev–Trinajstić information content (AvgIpc) is 2.56. The number of esters is 1. The molecule has 1 aromatic rings. The van der Waals surface area contributed by atoms with Gasteiger partial charge < -0.3 is 14.6 Å². The number of carbonyl (C=O) groups is 1. The molecule has 0 fully saturated rings. The van der Waals surface area contributed by atoms with E-state index in [1.807, 2.05) is 20.8 Å². The van der Waals surface area contributed by atoms with Crippen LogP contribution in [-0.2, 0) is 15.5 Å². The Bertz CT molecular complexity index is 464. The third-order valence-electron chi connectivity index (χ3n) is 2.84. The van der Waals surface area contributed by atoms with Crippen LogP contribution >= 0.6 is 0 Å². The first-order chi connectivity index (χ1) is 10.9. The summed E-state index contributed by atoms with van der Waals surface area (Å²) in [6, 6.07) is 5.20. The Kier molecular flexibility index (Phi) is 10.1. The molecular formula is C17H26F2O4. The molecule has 0 aliphatic carbocycles. The Labute approximate surface area is 136 Å². The summed E-state index contributed by atoms with van der Waals surface area (Å²) in [7, 11) is 0. The highest BCUT2D eigenvalue weighted by Gasteiger charge is 2.46. The third kappa shape index (κ3) is 6.52. The van der Waals surface area contributed by atoms with Gasteiger partial charge in [-0.05, 0) is 25.5 Å². The van der Waals surface area contributed by atoms with Crippen LogP contribution in [0.4, 0.5) is 8.78 Å². The van der Waals surface area contributed by atoms with Crippen LogP contribution in [0.25, 0.3) is 0 Å². The van der Waals surface area contributed by atoms with Gasteiger partial charge in [0.15, 0.2) is 0 Å². The summed E-state index contributed by atoms with van der Waals surface area (Å²) in [6.45, 7) is 7.81. The second-order valence-electron chi connectivity index (χ2n) is 4.51. The van der Waals surface area contributed by atoms with E-state index in [2.05, 4.69) is 4.74 Å². The number of aliphatic hydroxyl groups is 1. The van der Waals surface area contributed by atoms with Crippen molar-refractivity contribution in [1.82, 2.24) is 0 Å². The van der Waals surface area contributed by atoms with E-state index in [1.54, 1.807) is 6.07 Å². The third-order valence-corrected chi connectivity index (χ3v) is 2.84. The first-order valence-electron chi connectivity index (χ1n) is 7.89. The van der Waals surface area contributed by atoms with Gasteiger partial charge in [0.05, 0.1) is 13.2 Å². The number of carbonyl (C=O) groups excluding carboxylic acids is 1. The SMILES string of the molecule is CC.CCCCOc1cccc(C(F)(F)C(O)C(=O)OCC)c1. The number of alkyl halides is 2. The maximum atomic E-state index is 14.1. The first kappa shape index (κ1) is 21.3. The normalized spacial score (nSPS) is 12.0. The summed E-state index contributed by atoms with van der Waals surface area (Å²) in [5.41, 5.74) is -0.489. The van der Waals surface area contributed by atoms with Crippen molar-refractivity contribution in [2.24, 2.45) is 0 Å². The van der Waals surface area contributed by atoms with Crippen molar-refractivity contribution in [2.45, 2.75) is 52.6 Å². The van der Waals surface area contributed by atoms with Crippen molar-refractivity contribution in [3.63, 3.8) is 0 Å². The highest BCUT2D eigenvalue weighted by Crippen LogP contribution is 2.34. The van der Waals surface area contributed by atoms with Crippen LogP contribution in [0.5, 0.6) is 5.75 Å². The molecule has 0 aromatic heterocycles. The number of rotatable bonds is 8. The number of aliphatic hydroxyl groups excluding tert-OH is 1. The number of benzene rings is 1. The Morgan fingerprint density at radius 3 is 2.52 bits per heavy atom. The van der Waals surface area contributed by atoms with Crippen molar-refractivity contribution < 1.29 is 28.2 Å². The summed E-state index contributed by atoms with van der Waals surface area (Å²) in [5.74, 6) is -4.81. The van der Waals surface area contributed by atoms with Crippen molar-refractivity contribution >= 4 is 5.97 Å². The second kappa shape index (κ2) is 10.9. The van der Waals surface area contributed by atoms with Gasteiger partial charge in [-0.1, -0.05) is 39.3 Å². The molecule has 1 aromatic carbocycles. The lowest BCUT2D eigenvalue weighted by molar-refractivity contribution is -0.178. The van der Waals surface area contributed by atoms with Crippen LogP contribution in [0, 0.1) is 0 Å². The van der Waals surface area contributed by atoms with Crippen LogP contribution in [0.2, 0.25) is 0 Å². The first-order valence-corrected chi connectivity index (χ1v) is 7.89. The number of hydrogen-bond acceptors (Lipinski definition) is 4.